The van der Waals surface area contributed by atoms with Crippen molar-refractivity contribution in [3.8, 4) is 0 Å². The number of nitrogens with one attached hydrogen (secondary N) is 1. The molecule has 1 aliphatic rings. The van der Waals surface area contributed by atoms with Gasteiger partial charge in [-0.15, -0.1) is 0 Å². The Morgan fingerprint density at radius 2 is 1.94 bits per heavy atom. The molecule has 2 atom stereocenters. The zero-order valence-corrected chi connectivity index (χ0v) is 11.5. The molecule has 0 spiro atoms. The lowest BCUT2D eigenvalue weighted by molar-refractivity contribution is 0.139. The van der Waals surface area contributed by atoms with Crippen molar-refractivity contribution in [3.05, 3.63) is 0 Å². The summed E-state index contributed by atoms with van der Waals surface area (Å²) in [6.45, 7) is 13.3. The second-order valence-electron chi connectivity index (χ2n) is 5.50. The molecule has 0 aromatic rings. The minimum absolute atomic E-state index is 0.883. The second-order valence-corrected chi connectivity index (χ2v) is 5.50. The Bertz CT molecular complexity index is 170. The van der Waals surface area contributed by atoms with Gasteiger partial charge in [0, 0.05) is 19.6 Å². The van der Waals surface area contributed by atoms with Crippen LogP contribution in [0.3, 0.4) is 0 Å². The van der Waals surface area contributed by atoms with Gasteiger partial charge in [0.05, 0.1) is 0 Å². The average Bonchev–Trinajstić information content (AvgIpc) is 2.28. The summed E-state index contributed by atoms with van der Waals surface area (Å²) < 4.78 is 0. The molecular weight excluding hydrogens is 196 g/mol. The van der Waals surface area contributed by atoms with E-state index in [1.807, 2.05) is 0 Å². The summed E-state index contributed by atoms with van der Waals surface area (Å²) in [4.78, 5) is 2.62. The molecule has 16 heavy (non-hydrogen) atoms. The van der Waals surface area contributed by atoms with Crippen molar-refractivity contribution in [2.45, 2.75) is 46.5 Å². The molecule has 2 heteroatoms. The van der Waals surface area contributed by atoms with Gasteiger partial charge < -0.3 is 10.2 Å². The van der Waals surface area contributed by atoms with Crippen LogP contribution >= 0.6 is 0 Å². The number of hydrogen-bond acceptors (Lipinski definition) is 2. The molecule has 1 aliphatic heterocycles. The van der Waals surface area contributed by atoms with E-state index in [0.717, 1.165) is 11.8 Å². The Morgan fingerprint density at radius 3 is 2.62 bits per heavy atom. The summed E-state index contributed by atoms with van der Waals surface area (Å²) in [6.07, 6.45) is 5.41. The van der Waals surface area contributed by atoms with Crippen molar-refractivity contribution in [2.24, 2.45) is 11.8 Å². The molecular formula is C14H30N2. The zero-order chi connectivity index (χ0) is 11.8. The Labute approximate surface area is 102 Å². The Hall–Kier alpha value is -0.0800. The van der Waals surface area contributed by atoms with E-state index < -0.39 is 0 Å². The third-order valence-electron chi connectivity index (χ3n) is 3.98. The van der Waals surface area contributed by atoms with Gasteiger partial charge in [0.2, 0.25) is 0 Å². The summed E-state index contributed by atoms with van der Waals surface area (Å²) in [7, 11) is 0. The van der Waals surface area contributed by atoms with Gasteiger partial charge in [0.1, 0.15) is 0 Å². The molecule has 1 N–H and O–H groups in total. The minimum atomic E-state index is 0.883. The van der Waals surface area contributed by atoms with Gasteiger partial charge in [0.25, 0.3) is 0 Å². The van der Waals surface area contributed by atoms with Crippen molar-refractivity contribution >= 4 is 0 Å². The lowest BCUT2D eigenvalue weighted by Crippen LogP contribution is -2.41. The fraction of sp³-hybridized carbons (Fsp3) is 1.00. The van der Waals surface area contributed by atoms with Crippen LogP contribution in [0.15, 0.2) is 0 Å². The first kappa shape index (κ1) is 14.0. The molecule has 1 heterocycles. The maximum atomic E-state index is 3.55. The number of nitrogens with zero attached hydrogens (tertiary/aromatic N) is 1. The molecule has 0 bridgehead atoms. The molecule has 0 aromatic carbocycles. The van der Waals surface area contributed by atoms with Crippen molar-refractivity contribution in [1.82, 2.24) is 10.2 Å². The van der Waals surface area contributed by atoms with E-state index in [0.29, 0.717) is 0 Å². The molecule has 0 saturated carbocycles. The lowest BCUT2D eigenvalue weighted by Gasteiger charge is -2.35. The van der Waals surface area contributed by atoms with Crippen LogP contribution in [-0.4, -0.2) is 37.6 Å². The number of unbranched alkanes of at least 4 members (excludes halogenated alkanes) is 2. The van der Waals surface area contributed by atoms with Crippen LogP contribution in [-0.2, 0) is 0 Å². The van der Waals surface area contributed by atoms with E-state index in [4.69, 9.17) is 0 Å². The van der Waals surface area contributed by atoms with Crippen molar-refractivity contribution in [3.63, 3.8) is 0 Å². The molecule has 0 amide bonds. The molecule has 0 aromatic heterocycles. The van der Waals surface area contributed by atoms with Crippen molar-refractivity contribution < 1.29 is 0 Å². The summed E-state index contributed by atoms with van der Waals surface area (Å²) in [6, 6.07) is 0. The van der Waals surface area contributed by atoms with Gasteiger partial charge in [-0.1, -0.05) is 33.6 Å². The number of hydrogen-bond donors (Lipinski definition) is 1. The van der Waals surface area contributed by atoms with Gasteiger partial charge in [-0.05, 0) is 37.8 Å². The van der Waals surface area contributed by atoms with E-state index in [1.165, 1.54) is 58.4 Å². The molecule has 2 nitrogen and oxygen atoms in total. The number of rotatable bonds is 7. The Morgan fingerprint density at radius 1 is 1.12 bits per heavy atom. The normalized spacial score (nSPS) is 27.2. The van der Waals surface area contributed by atoms with Crippen LogP contribution in [0, 0.1) is 11.8 Å². The summed E-state index contributed by atoms with van der Waals surface area (Å²) in [5.74, 6) is 1.81. The maximum absolute atomic E-state index is 3.55. The van der Waals surface area contributed by atoms with Crippen LogP contribution in [0.4, 0.5) is 0 Å². The predicted molar refractivity (Wildman–Crippen MR) is 71.8 cm³/mol. The molecule has 1 fully saturated rings. The highest BCUT2D eigenvalue weighted by molar-refractivity contribution is 4.75. The first-order valence-corrected chi connectivity index (χ1v) is 7.17. The summed E-state index contributed by atoms with van der Waals surface area (Å²) in [5, 5.41) is 3.55. The third-order valence-corrected chi connectivity index (χ3v) is 3.98. The second kappa shape index (κ2) is 8.08. The third kappa shape index (κ3) is 5.31. The molecule has 0 radical (unpaired) electrons. The Balaban J connectivity index is 1.97. The largest absolute Gasteiger partial charge is 0.315 e. The van der Waals surface area contributed by atoms with Gasteiger partial charge in [-0.2, -0.15) is 0 Å². The highest BCUT2D eigenvalue weighted by Gasteiger charge is 2.21. The highest BCUT2D eigenvalue weighted by atomic mass is 15.1. The number of piperidine rings is 1. The monoisotopic (exact) mass is 226 g/mol. The highest BCUT2D eigenvalue weighted by Crippen LogP contribution is 2.21. The fourth-order valence-corrected chi connectivity index (χ4v) is 2.41. The van der Waals surface area contributed by atoms with E-state index in [1.54, 1.807) is 0 Å². The van der Waals surface area contributed by atoms with Crippen LogP contribution in [0.5, 0.6) is 0 Å². The average molecular weight is 226 g/mol. The van der Waals surface area contributed by atoms with E-state index in [2.05, 4.69) is 31.0 Å². The number of likely N-dealkylation sites (tertiary alicyclic amines) is 1. The van der Waals surface area contributed by atoms with Gasteiger partial charge in [0.15, 0.2) is 0 Å². The molecule has 96 valence electrons. The van der Waals surface area contributed by atoms with E-state index in [9.17, 15) is 0 Å². The molecule has 0 aliphatic carbocycles. The van der Waals surface area contributed by atoms with Crippen LogP contribution in [0.2, 0.25) is 0 Å². The van der Waals surface area contributed by atoms with Gasteiger partial charge in [-0.25, -0.2) is 0 Å². The van der Waals surface area contributed by atoms with Crippen LogP contribution < -0.4 is 5.32 Å². The van der Waals surface area contributed by atoms with Crippen LogP contribution in [0.1, 0.15) is 46.5 Å². The fourth-order valence-electron chi connectivity index (χ4n) is 2.41. The quantitative estimate of drug-likeness (QED) is 0.672. The Kier molecular flexibility index (Phi) is 7.06. The topological polar surface area (TPSA) is 15.3 Å². The first-order chi connectivity index (χ1) is 7.74. The summed E-state index contributed by atoms with van der Waals surface area (Å²) >= 11 is 0. The predicted octanol–water partition coefficient (Wildman–Crippen LogP) is 2.74. The SMILES string of the molecule is CCCCCNCCN1CCC(C)C(C)C1. The van der Waals surface area contributed by atoms with E-state index >= 15 is 0 Å². The van der Waals surface area contributed by atoms with Crippen molar-refractivity contribution in [1.29, 1.82) is 0 Å². The standard InChI is InChI=1S/C14H30N2/c1-4-5-6-8-15-9-11-16-10-7-13(2)14(3)12-16/h13-15H,4-12H2,1-3H3. The van der Waals surface area contributed by atoms with Gasteiger partial charge >= 0.3 is 0 Å². The van der Waals surface area contributed by atoms with E-state index in [-0.39, 0.29) is 0 Å². The zero-order valence-electron chi connectivity index (χ0n) is 11.5. The first-order valence-electron chi connectivity index (χ1n) is 7.17. The van der Waals surface area contributed by atoms with Crippen molar-refractivity contribution in [2.75, 3.05) is 32.7 Å². The summed E-state index contributed by atoms with van der Waals surface area (Å²) in [5.41, 5.74) is 0. The molecule has 1 saturated heterocycles. The lowest BCUT2D eigenvalue weighted by atomic mass is 9.89. The smallest absolute Gasteiger partial charge is 0.0107 e. The molecule has 1 rings (SSSR count). The van der Waals surface area contributed by atoms with Crippen LogP contribution in [0.25, 0.3) is 0 Å². The maximum Gasteiger partial charge on any atom is 0.0107 e. The van der Waals surface area contributed by atoms with Gasteiger partial charge in [-0.3, -0.25) is 0 Å². The minimum Gasteiger partial charge on any atom is -0.315 e. The molecule has 2 unspecified atom stereocenters.